The number of rotatable bonds is 6. The Kier molecular flexibility index (Phi) is 5.44. The van der Waals surface area contributed by atoms with Crippen LogP contribution in [0.4, 0.5) is 5.69 Å². The summed E-state index contributed by atoms with van der Waals surface area (Å²) in [4.78, 5) is 22.2. The maximum atomic E-state index is 11.8. The predicted molar refractivity (Wildman–Crippen MR) is 72.8 cm³/mol. The highest BCUT2D eigenvalue weighted by atomic mass is 16.6. The summed E-state index contributed by atoms with van der Waals surface area (Å²) in [5.74, 6) is -0.204. The fraction of sp³-hybridized carbons (Fsp3) is 0.462. The molecule has 1 atom stereocenters. The van der Waals surface area contributed by atoms with Crippen LogP contribution >= 0.6 is 0 Å². The van der Waals surface area contributed by atoms with Crippen LogP contribution in [0.5, 0.6) is 0 Å². The monoisotopic (exact) mass is 265 g/mol. The number of hydrogen-bond acceptors (Lipinski definition) is 4. The Labute approximate surface area is 112 Å². The summed E-state index contributed by atoms with van der Waals surface area (Å²) in [5.41, 5.74) is 1.43. The van der Waals surface area contributed by atoms with Gasteiger partial charge in [-0.05, 0) is 19.5 Å². The minimum Gasteiger partial charge on any atom is -0.352 e. The maximum Gasteiger partial charge on any atom is 0.272 e. The summed E-state index contributed by atoms with van der Waals surface area (Å²) in [6.45, 7) is 4.42. The van der Waals surface area contributed by atoms with E-state index in [1.54, 1.807) is 26.1 Å². The van der Waals surface area contributed by atoms with E-state index in [1.165, 1.54) is 6.07 Å². The molecule has 19 heavy (non-hydrogen) atoms. The van der Waals surface area contributed by atoms with E-state index in [0.717, 1.165) is 5.56 Å². The summed E-state index contributed by atoms with van der Waals surface area (Å²) in [7, 11) is 1.79. The molecule has 0 aliphatic rings. The van der Waals surface area contributed by atoms with Gasteiger partial charge < -0.3 is 10.6 Å². The molecule has 0 radical (unpaired) electrons. The van der Waals surface area contributed by atoms with Crippen LogP contribution in [0.15, 0.2) is 18.2 Å². The van der Waals surface area contributed by atoms with Crippen LogP contribution in [0.3, 0.4) is 0 Å². The first-order chi connectivity index (χ1) is 8.97. The molecule has 0 saturated carbocycles. The van der Waals surface area contributed by atoms with Crippen molar-refractivity contribution in [3.63, 3.8) is 0 Å². The largest absolute Gasteiger partial charge is 0.352 e. The molecular weight excluding hydrogens is 246 g/mol. The highest BCUT2D eigenvalue weighted by Crippen LogP contribution is 2.20. The molecule has 1 unspecified atom stereocenters. The van der Waals surface area contributed by atoms with Gasteiger partial charge >= 0.3 is 0 Å². The lowest BCUT2D eigenvalue weighted by atomic mass is 10.1. The Morgan fingerprint density at radius 2 is 2.16 bits per heavy atom. The van der Waals surface area contributed by atoms with E-state index in [2.05, 4.69) is 10.6 Å². The molecule has 0 saturated heterocycles. The van der Waals surface area contributed by atoms with Gasteiger partial charge in [-0.1, -0.05) is 19.1 Å². The number of carbonyl (C=O) groups excluding carboxylic acids is 1. The Morgan fingerprint density at radius 3 is 2.74 bits per heavy atom. The smallest absolute Gasteiger partial charge is 0.272 e. The van der Waals surface area contributed by atoms with Crippen molar-refractivity contribution in [1.29, 1.82) is 0 Å². The number of benzene rings is 1. The molecule has 1 aromatic carbocycles. The number of nitrogens with zero attached hydrogens (tertiary/aromatic N) is 1. The third kappa shape index (κ3) is 4.03. The molecule has 0 aliphatic heterocycles. The van der Waals surface area contributed by atoms with Crippen LogP contribution in [0, 0.1) is 23.0 Å². The number of nitro benzene ring substituents is 1. The van der Waals surface area contributed by atoms with Crippen LogP contribution in [-0.4, -0.2) is 24.4 Å². The third-order valence-corrected chi connectivity index (χ3v) is 3.03. The Balaban J connectivity index is 2.71. The van der Waals surface area contributed by atoms with Gasteiger partial charge in [0.25, 0.3) is 5.69 Å². The van der Waals surface area contributed by atoms with Gasteiger partial charge in [-0.3, -0.25) is 14.9 Å². The summed E-state index contributed by atoms with van der Waals surface area (Å²) >= 11 is 0. The van der Waals surface area contributed by atoms with Gasteiger partial charge in [0.15, 0.2) is 0 Å². The first-order valence-electron chi connectivity index (χ1n) is 6.12. The summed E-state index contributed by atoms with van der Waals surface area (Å²) < 4.78 is 0. The molecule has 0 fully saturated rings. The average molecular weight is 265 g/mol. The van der Waals surface area contributed by atoms with Gasteiger partial charge in [-0.15, -0.1) is 0 Å². The zero-order chi connectivity index (χ0) is 14.4. The molecule has 1 amide bonds. The molecule has 1 rings (SSSR count). The molecular formula is C13H19N3O3. The zero-order valence-electron chi connectivity index (χ0n) is 11.4. The van der Waals surface area contributed by atoms with Crippen LogP contribution < -0.4 is 10.6 Å². The number of carbonyl (C=O) groups is 1. The second kappa shape index (κ2) is 6.84. The Hall–Kier alpha value is -1.95. The standard InChI is InChI=1S/C13H19N3O3/c1-9(7-14-3)13(17)15-8-11-5-4-6-12(10(11)2)16(18)19/h4-6,9,14H,7-8H2,1-3H3,(H,15,17). The fourth-order valence-electron chi connectivity index (χ4n) is 1.81. The van der Waals surface area contributed by atoms with Crippen molar-refractivity contribution >= 4 is 11.6 Å². The molecule has 0 bridgehead atoms. The molecule has 6 nitrogen and oxygen atoms in total. The lowest BCUT2D eigenvalue weighted by molar-refractivity contribution is -0.385. The highest BCUT2D eigenvalue weighted by Gasteiger charge is 2.15. The van der Waals surface area contributed by atoms with Crippen molar-refractivity contribution in [2.75, 3.05) is 13.6 Å². The van der Waals surface area contributed by atoms with E-state index in [1.807, 2.05) is 6.92 Å². The van der Waals surface area contributed by atoms with Gasteiger partial charge in [0.1, 0.15) is 0 Å². The lowest BCUT2D eigenvalue weighted by Gasteiger charge is -2.12. The Bertz CT molecular complexity index is 474. The molecule has 104 valence electrons. The molecule has 0 heterocycles. The zero-order valence-corrected chi connectivity index (χ0v) is 11.4. The van der Waals surface area contributed by atoms with E-state index >= 15 is 0 Å². The maximum absolute atomic E-state index is 11.8. The summed E-state index contributed by atoms with van der Waals surface area (Å²) in [6, 6.07) is 4.87. The van der Waals surface area contributed by atoms with Gasteiger partial charge in [0.05, 0.1) is 4.92 Å². The van der Waals surface area contributed by atoms with E-state index in [9.17, 15) is 14.9 Å². The van der Waals surface area contributed by atoms with Gasteiger partial charge in [0.2, 0.25) is 5.91 Å². The van der Waals surface area contributed by atoms with E-state index in [4.69, 9.17) is 0 Å². The minimum absolute atomic E-state index is 0.0692. The van der Waals surface area contributed by atoms with Crippen molar-refractivity contribution in [3.8, 4) is 0 Å². The van der Waals surface area contributed by atoms with E-state index in [-0.39, 0.29) is 17.5 Å². The third-order valence-electron chi connectivity index (χ3n) is 3.03. The van der Waals surface area contributed by atoms with Crippen LogP contribution in [-0.2, 0) is 11.3 Å². The van der Waals surface area contributed by atoms with Gasteiger partial charge in [-0.25, -0.2) is 0 Å². The number of hydrogen-bond donors (Lipinski definition) is 2. The van der Waals surface area contributed by atoms with Crippen molar-refractivity contribution in [2.45, 2.75) is 20.4 Å². The molecule has 0 spiro atoms. The predicted octanol–water partition coefficient (Wildman–Crippen LogP) is 1.37. The summed E-state index contributed by atoms with van der Waals surface area (Å²) in [5, 5.41) is 16.5. The second-order valence-corrected chi connectivity index (χ2v) is 4.49. The van der Waals surface area contributed by atoms with Crippen molar-refractivity contribution in [2.24, 2.45) is 5.92 Å². The van der Waals surface area contributed by atoms with Crippen molar-refractivity contribution in [1.82, 2.24) is 10.6 Å². The van der Waals surface area contributed by atoms with E-state index < -0.39 is 4.92 Å². The molecule has 2 N–H and O–H groups in total. The highest BCUT2D eigenvalue weighted by molar-refractivity contribution is 5.78. The number of nitrogens with one attached hydrogen (secondary N) is 2. The molecule has 0 aromatic heterocycles. The number of amides is 1. The number of nitro groups is 1. The molecule has 1 aromatic rings. The average Bonchev–Trinajstić information content (AvgIpc) is 2.37. The lowest BCUT2D eigenvalue weighted by Crippen LogP contribution is -2.34. The SMILES string of the molecule is CNCC(C)C(=O)NCc1cccc([N+](=O)[O-])c1C. The van der Waals surface area contributed by atoms with Crippen molar-refractivity contribution in [3.05, 3.63) is 39.4 Å². The quantitative estimate of drug-likeness (QED) is 0.601. The normalized spacial score (nSPS) is 11.9. The van der Waals surface area contributed by atoms with Crippen LogP contribution in [0.25, 0.3) is 0 Å². The summed E-state index contributed by atoms with van der Waals surface area (Å²) in [6.07, 6.45) is 0. The first-order valence-corrected chi connectivity index (χ1v) is 6.12. The van der Waals surface area contributed by atoms with Gasteiger partial charge in [0, 0.05) is 30.6 Å². The topological polar surface area (TPSA) is 84.3 Å². The van der Waals surface area contributed by atoms with E-state index in [0.29, 0.717) is 18.7 Å². The molecule has 6 heteroatoms. The minimum atomic E-state index is -0.412. The second-order valence-electron chi connectivity index (χ2n) is 4.49. The Morgan fingerprint density at radius 1 is 1.47 bits per heavy atom. The van der Waals surface area contributed by atoms with Crippen LogP contribution in [0.2, 0.25) is 0 Å². The van der Waals surface area contributed by atoms with Crippen LogP contribution in [0.1, 0.15) is 18.1 Å². The van der Waals surface area contributed by atoms with Gasteiger partial charge in [-0.2, -0.15) is 0 Å². The van der Waals surface area contributed by atoms with Crippen molar-refractivity contribution < 1.29 is 9.72 Å². The first kappa shape index (κ1) is 15.1. The molecule has 0 aliphatic carbocycles. The fourth-order valence-corrected chi connectivity index (χ4v) is 1.81.